The Hall–Kier alpha value is -0.956. The van der Waals surface area contributed by atoms with E-state index in [1.165, 1.54) is 0 Å². The predicted molar refractivity (Wildman–Crippen MR) is 104 cm³/mol. The molecule has 0 unspecified atom stereocenters. The van der Waals surface area contributed by atoms with Crippen LogP contribution in [0.2, 0.25) is 39.3 Å². The number of benzene rings is 1. The van der Waals surface area contributed by atoms with E-state index in [0.29, 0.717) is 18.8 Å². The van der Waals surface area contributed by atoms with Gasteiger partial charge in [0, 0.05) is 5.56 Å². The third kappa shape index (κ3) is 7.74. The number of hydrogen-bond donors (Lipinski definition) is 0. The molecule has 0 aliphatic heterocycles. The molecule has 0 fully saturated rings. The zero-order chi connectivity index (χ0) is 18.6. The topological polar surface area (TPSA) is 44.8 Å². The molecule has 0 atom stereocenters. The monoisotopic (exact) mass is 368 g/mol. The third-order valence-corrected chi connectivity index (χ3v) is 5.30. The van der Waals surface area contributed by atoms with E-state index in [0.717, 1.165) is 5.75 Å². The predicted octanol–water partition coefficient (Wildman–Crippen LogP) is 4.73. The van der Waals surface area contributed by atoms with Gasteiger partial charge in [0.2, 0.25) is 0 Å². The first-order valence-electron chi connectivity index (χ1n) is 8.42. The lowest BCUT2D eigenvalue weighted by Gasteiger charge is -2.31. The summed E-state index contributed by atoms with van der Waals surface area (Å²) in [5, 5.41) is 0. The smallest absolute Gasteiger partial charge is 0.192 e. The summed E-state index contributed by atoms with van der Waals surface area (Å²) in [6.45, 7) is 17.5. The van der Waals surface area contributed by atoms with Gasteiger partial charge in [-0.1, -0.05) is 0 Å². The molecule has 0 N–H and O–H groups in total. The summed E-state index contributed by atoms with van der Waals surface area (Å²) in [6.07, 6.45) is 0. The van der Waals surface area contributed by atoms with Crippen molar-refractivity contribution in [3.63, 3.8) is 0 Å². The van der Waals surface area contributed by atoms with Gasteiger partial charge in [-0.05, 0) is 77.4 Å². The first-order chi connectivity index (χ1) is 10.8. The molecule has 0 bridgehead atoms. The van der Waals surface area contributed by atoms with E-state index in [2.05, 4.69) is 39.3 Å². The van der Waals surface area contributed by atoms with E-state index in [1.54, 1.807) is 12.1 Å². The molecule has 0 amide bonds. The highest BCUT2D eigenvalue weighted by Gasteiger charge is 2.34. The number of Topliss-reactive ketones (excluding diaryl/α,β-unsaturated/α-hetero) is 1. The minimum absolute atomic E-state index is 0.00135. The molecule has 0 spiro atoms. The molecule has 0 heterocycles. The van der Waals surface area contributed by atoms with Crippen LogP contribution in [0.25, 0.3) is 0 Å². The van der Waals surface area contributed by atoms with Crippen LogP contribution in [0.4, 0.5) is 0 Å². The van der Waals surface area contributed by atoms with Crippen LogP contribution in [0.3, 0.4) is 0 Å². The second-order valence-corrected chi connectivity index (χ2v) is 17.3. The molecule has 0 aromatic heterocycles. The molecule has 0 saturated heterocycles. The van der Waals surface area contributed by atoms with Gasteiger partial charge in [0.05, 0.1) is 6.61 Å². The molecule has 1 aromatic carbocycles. The van der Waals surface area contributed by atoms with E-state index in [4.69, 9.17) is 13.6 Å². The van der Waals surface area contributed by atoms with Crippen molar-refractivity contribution < 1.29 is 18.4 Å². The standard InChI is InChI=1S/C18H32O4Si2/c1-18(2,22-24(6,7)8)17(19)15-9-11-16(12-10-15)20-13-14-21-23(3,4)5/h9-12H,13-14H2,1-8H3. The Labute approximate surface area is 148 Å². The molecule has 136 valence electrons. The molecule has 1 rings (SSSR count). The quantitative estimate of drug-likeness (QED) is 0.359. The van der Waals surface area contributed by atoms with Crippen molar-refractivity contribution in [1.82, 2.24) is 0 Å². The lowest BCUT2D eigenvalue weighted by atomic mass is 9.97. The zero-order valence-electron chi connectivity index (χ0n) is 16.4. The van der Waals surface area contributed by atoms with Crippen molar-refractivity contribution in [1.29, 1.82) is 0 Å². The van der Waals surface area contributed by atoms with Crippen molar-refractivity contribution in [2.75, 3.05) is 13.2 Å². The van der Waals surface area contributed by atoms with Crippen LogP contribution in [0.5, 0.6) is 5.75 Å². The average Bonchev–Trinajstić information content (AvgIpc) is 2.40. The second-order valence-electron chi connectivity index (χ2n) is 8.39. The second kappa shape index (κ2) is 7.95. The number of carbonyl (C=O) groups is 1. The van der Waals surface area contributed by atoms with Crippen molar-refractivity contribution >= 4 is 22.4 Å². The van der Waals surface area contributed by atoms with Gasteiger partial charge < -0.3 is 13.6 Å². The molecular weight excluding hydrogens is 336 g/mol. The Kier molecular flexibility index (Phi) is 6.98. The van der Waals surface area contributed by atoms with Crippen LogP contribution < -0.4 is 4.74 Å². The van der Waals surface area contributed by atoms with Gasteiger partial charge in [-0.3, -0.25) is 4.79 Å². The number of carbonyl (C=O) groups excluding carboxylic acids is 1. The van der Waals surface area contributed by atoms with E-state index >= 15 is 0 Å². The van der Waals surface area contributed by atoms with Crippen molar-refractivity contribution in [2.24, 2.45) is 0 Å². The highest BCUT2D eigenvalue weighted by atomic mass is 28.4. The third-order valence-electron chi connectivity index (χ3n) is 3.11. The van der Waals surface area contributed by atoms with Crippen LogP contribution in [0.1, 0.15) is 24.2 Å². The Morgan fingerprint density at radius 2 is 1.46 bits per heavy atom. The van der Waals surface area contributed by atoms with E-state index in [1.807, 2.05) is 26.0 Å². The highest BCUT2D eigenvalue weighted by Crippen LogP contribution is 2.23. The molecule has 0 saturated carbocycles. The SMILES string of the molecule is CC(C)(O[Si](C)(C)C)C(=O)c1ccc(OCCO[Si](C)(C)C)cc1. The van der Waals surface area contributed by atoms with Crippen molar-refractivity contribution in [3.8, 4) is 5.75 Å². The Morgan fingerprint density at radius 3 is 1.92 bits per heavy atom. The maximum absolute atomic E-state index is 12.7. The van der Waals surface area contributed by atoms with Gasteiger partial charge in [0.1, 0.15) is 18.0 Å². The first-order valence-corrected chi connectivity index (χ1v) is 15.2. The summed E-state index contributed by atoms with van der Waals surface area (Å²) in [6, 6.07) is 7.25. The summed E-state index contributed by atoms with van der Waals surface area (Å²) in [7, 11) is -3.29. The van der Waals surface area contributed by atoms with Crippen LogP contribution in [0.15, 0.2) is 24.3 Å². The first kappa shape index (κ1) is 21.1. The number of ketones is 1. The summed E-state index contributed by atoms with van der Waals surface area (Å²) in [4.78, 5) is 12.7. The fraction of sp³-hybridized carbons (Fsp3) is 0.611. The van der Waals surface area contributed by atoms with Crippen LogP contribution >= 0.6 is 0 Å². The molecular formula is C18H32O4Si2. The van der Waals surface area contributed by atoms with Crippen molar-refractivity contribution in [2.45, 2.75) is 58.7 Å². The van der Waals surface area contributed by atoms with Crippen LogP contribution in [-0.4, -0.2) is 41.2 Å². The summed E-state index contributed by atoms with van der Waals surface area (Å²) < 4.78 is 17.4. The van der Waals surface area contributed by atoms with Gasteiger partial charge in [0.15, 0.2) is 22.4 Å². The van der Waals surface area contributed by atoms with Gasteiger partial charge in [-0.2, -0.15) is 0 Å². The van der Waals surface area contributed by atoms with E-state index in [-0.39, 0.29) is 5.78 Å². The lowest BCUT2D eigenvalue weighted by Crippen LogP contribution is -2.44. The minimum Gasteiger partial charge on any atom is -0.491 e. The largest absolute Gasteiger partial charge is 0.491 e. The Bertz CT molecular complexity index is 540. The average molecular weight is 369 g/mol. The Morgan fingerprint density at radius 1 is 0.917 bits per heavy atom. The van der Waals surface area contributed by atoms with E-state index in [9.17, 15) is 4.79 Å². The minimum atomic E-state index is -1.79. The molecule has 4 nitrogen and oxygen atoms in total. The maximum Gasteiger partial charge on any atom is 0.192 e. The molecule has 0 aliphatic rings. The molecule has 6 heteroatoms. The zero-order valence-corrected chi connectivity index (χ0v) is 18.4. The number of hydrogen-bond acceptors (Lipinski definition) is 4. The highest BCUT2D eigenvalue weighted by molar-refractivity contribution is 6.70. The fourth-order valence-corrected chi connectivity index (χ4v) is 4.69. The van der Waals surface area contributed by atoms with E-state index < -0.39 is 22.2 Å². The van der Waals surface area contributed by atoms with Gasteiger partial charge in [0.25, 0.3) is 0 Å². The fourth-order valence-electron chi connectivity index (χ4n) is 2.37. The summed E-state index contributed by atoms with van der Waals surface area (Å²) in [5.41, 5.74) is -0.165. The van der Waals surface area contributed by atoms with Crippen LogP contribution in [-0.2, 0) is 8.85 Å². The normalized spacial score (nSPS) is 13.0. The van der Waals surface area contributed by atoms with Gasteiger partial charge in [-0.25, -0.2) is 0 Å². The number of ether oxygens (including phenoxy) is 1. The number of rotatable bonds is 9. The van der Waals surface area contributed by atoms with Crippen molar-refractivity contribution in [3.05, 3.63) is 29.8 Å². The summed E-state index contributed by atoms with van der Waals surface area (Å²) >= 11 is 0. The van der Waals surface area contributed by atoms with Crippen LogP contribution in [0, 0.1) is 0 Å². The van der Waals surface area contributed by atoms with Gasteiger partial charge >= 0.3 is 0 Å². The lowest BCUT2D eigenvalue weighted by molar-refractivity contribution is 0.0558. The Balaban J connectivity index is 2.62. The van der Waals surface area contributed by atoms with Gasteiger partial charge in [-0.15, -0.1) is 0 Å². The summed E-state index contributed by atoms with van der Waals surface area (Å²) in [5.74, 6) is 0.744. The molecule has 24 heavy (non-hydrogen) atoms. The maximum atomic E-state index is 12.7. The molecule has 1 aromatic rings. The molecule has 0 aliphatic carbocycles. The molecule has 0 radical (unpaired) electrons.